The molecule has 2 rings (SSSR count). The fraction of sp³-hybridized carbons (Fsp3) is 0.545. The minimum absolute atomic E-state index is 0.0440. The quantitative estimate of drug-likeness (QED) is 0.410. The number of halogens is 3. The number of hydrogen-bond acceptors (Lipinski definition) is 3. The van der Waals surface area contributed by atoms with Gasteiger partial charge in [-0.2, -0.15) is 13.2 Å². The number of nitrogens with zero attached hydrogens (tertiary/aromatic N) is 1. The van der Waals surface area contributed by atoms with Gasteiger partial charge in [-0.25, -0.2) is 0 Å². The van der Waals surface area contributed by atoms with Gasteiger partial charge in [-0.05, 0) is 30.9 Å². The summed E-state index contributed by atoms with van der Waals surface area (Å²) < 4.78 is 38.4. The molecule has 1 saturated heterocycles. The van der Waals surface area contributed by atoms with Crippen molar-refractivity contribution in [1.82, 2.24) is 4.90 Å². The van der Waals surface area contributed by atoms with Crippen LogP contribution in [0.4, 0.5) is 13.2 Å². The second kappa shape index (κ2) is 11.2. The third kappa shape index (κ3) is 7.82. The number of alkyl halides is 3. The highest BCUT2D eigenvalue weighted by atomic mass is 19.4. The summed E-state index contributed by atoms with van der Waals surface area (Å²) in [5.74, 6) is -0.763. The summed E-state index contributed by atoms with van der Waals surface area (Å²) in [4.78, 5) is 24.4. The number of hydrogen-bond donors (Lipinski definition) is 2. The van der Waals surface area contributed by atoms with Gasteiger partial charge in [0.25, 0.3) is 0 Å². The lowest BCUT2D eigenvalue weighted by Crippen LogP contribution is -2.32. The predicted molar refractivity (Wildman–Crippen MR) is 106 cm³/mol. The molecule has 2 unspecified atom stereocenters. The van der Waals surface area contributed by atoms with Crippen LogP contribution in [0.15, 0.2) is 36.4 Å². The molecule has 166 valence electrons. The number of carbonyl (C=O) groups is 2. The third-order valence-corrected chi connectivity index (χ3v) is 5.17. The maximum atomic E-state index is 12.8. The SMILES string of the molecule is O=C(O)CCCCCCN1C(=O)CCC1/C=C/C(O)Cc1cccc(C(F)(F)F)c1. The number of carboxylic acid groups (broad SMARTS) is 1. The monoisotopic (exact) mass is 427 g/mol. The van der Waals surface area contributed by atoms with E-state index >= 15 is 0 Å². The Morgan fingerprint density at radius 1 is 1.23 bits per heavy atom. The number of carboxylic acids is 1. The molecule has 8 heteroatoms. The molecule has 5 nitrogen and oxygen atoms in total. The highest BCUT2D eigenvalue weighted by Crippen LogP contribution is 2.30. The summed E-state index contributed by atoms with van der Waals surface area (Å²) in [5, 5.41) is 18.8. The molecule has 0 aromatic heterocycles. The Hall–Kier alpha value is -2.35. The Kier molecular flexibility index (Phi) is 8.89. The van der Waals surface area contributed by atoms with Crippen LogP contribution in [0.2, 0.25) is 0 Å². The lowest BCUT2D eigenvalue weighted by atomic mass is 10.0. The standard InChI is InChI=1S/C22H28F3NO4/c23-22(24,25)17-7-5-6-16(14-17)15-19(27)11-9-18-10-12-20(28)26(18)13-4-2-1-3-8-21(29)30/h5-7,9,11,14,18-19,27H,1-4,8,10,12-13,15H2,(H,29,30)/b11-9+. The average molecular weight is 427 g/mol. The Balaban J connectivity index is 1.83. The normalized spacial score (nSPS) is 18.3. The smallest absolute Gasteiger partial charge is 0.416 e. The molecule has 1 aliphatic rings. The van der Waals surface area contributed by atoms with Crippen LogP contribution in [0.3, 0.4) is 0 Å². The summed E-state index contributed by atoms with van der Waals surface area (Å²) in [6.07, 6.45) is 2.26. The molecule has 1 amide bonds. The van der Waals surface area contributed by atoms with E-state index in [4.69, 9.17) is 5.11 Å². The maximum absolute atomic E-state index is 12.8. The van der Waals surface area contributed by atoms with Gasteiger partial charge >= 0.3 is 12.1 Å². The van der Waals surface area contributed by atoms with E-state index in [1.165, 1.54) is 6.07 Å². The summed E-state index contributed by atoms with van der Waals surface area (Å²) in [7, 11) is 0. The first kappa shape index (κ1) is 23.9. The largest absolute Gasteiger partial charge is 0.481 e. The topological polar surface area (TPSA) is 77.8 Å². The van der Waals surface area contributed by atoms with Crippen molar-refractivity contribution in [3.8, 4) is 0 Å². The maximum Gasteiger partial charge on any atom is 0.416 e. The first-order valence-corrected chi connectivity index (χ1v) is 10.2. The number of aliphatic hydroxyl groups excluding tert-OH is 1. The van der Waals surface area contributed by atoms with Gasteiger partial charge in [-0.15, -0.1) is 0 Å². The van der Waals surface area contributed by atoms with Gasteiger partial charge in [-0.3, -0.25) is 9.59 Å². The molecule has 0 radical (unpaired) electrons. The third-order valence-electron chi connectivity index (χ3n) is 5.17. The second-order valence-electron chi connectivity index (χ2n) is 7.61. The Morgan fingerprint density at radius 3 is 2.67 bits per heavy atom. The summed E-state index contributed by atoms with van der Waals surface area (Å²) in [6.45, 7) is 0.574. The molecule has 1 aromatic rings. The van der Waals surface area contributed by atoms with Crippen LogP contribution >= 0.6 is 0 Å². The number of aliphatic carboxylic acids is 1. The molecule has 2 atom stereocenters. The molecule has 0 saturated carbocycles. The lowest BCUT2D eigenvalue weighted by Gasteiger charge is -2.22. The lowest BCUT2D eigenvalue weighted by molar-refractivity contribution is -0.138. The van der Waals surface area contributed by atoms with Gasteiger partial charge in [0, 0.05) is 25.8 Å². The van der Waals surface area contributed by atoms with E-state index in [-0.39, 0.29) is 24.8 Å². The minimum atomic E-state index is -4.42. The summed E-state index contributed by atoms with van der Waals surface area (Å²) >= 11 is 0. The van der Waals surface area contributed by atoms with E-state index in [9.17, 15) is 27.9 Å². The van der Waals surface area contributed by atoms with Crippen molar-refractivity contribution < 1.29 is 33.0 Å². The number of likely N-dealkylation sites (tertiary alicyclic amines) is 1. The van der Waals surface area contributed by atoms with Crippen LogP contribution in [0.25, 0.3) is 0 Å². The number of rotatable bonds is 11. The van der Waals surface area contributed by atoms with E-state index in [0.29, 0.717) is 31.4 Å². The number of unbranched alkanes of at least 4 members (excludes halogenated alkanes) is 3. The molecule has 1 heterocycles. The van der Waals surface area contributed by atoms with Crippen molar-refractivity contribution in [2.45, 2.75) is 69.7 Å². The van der Waals surface area contributed by atoms with E-state index in [0.717, 1.165) is 31.4 Å². The molecular formula is C22H28F3NO4. The molecular weight excluding hydrogens is 399 g/mol. The second-order valence-corrected chi connectivity index (χ2v) is 7.61. The fourth-order valence-electron chi connectivity index (χ4n) is 3.60. The summed E-state index contributed by atoms with van der Waals surface area (Å²) in [5.41, 5.74) is -0.352. The zero-order chi connectivity index (χ0) is 22.1. The van der Waals surface area contributed by atoms with Gasteiger partial charge in [-0.1, -0.05) is 43.2 Å². The summed E-state index contributed by atoms with van der Waals surface area (Å²) in [6, 6.07) is 4.76. The molecule has 0 bridgehead atoms. The van der Waals surface area contributed by atoms with E-state index in [1.54, 1.807) is 23.1 Å². The Labute approximate surface area is 174 Å². The molecule has 2 N–H and O–H groups in total. The zero-order valence-electron chi connectivity index (χ0n) is 16.8. The molecule has 0 spiro atoms. The van der Waals surface area contributed by atoms with Gasteiger partial charge < -0.3 is 15.1 Å². The number of benzene rings is 1. The van der Waals surface area contributed by atoms with E-state index in [1.807, 2.05) is 0 Å². The van der Waals surface area contributed by atoms with Crippen molar-refractivity contribution in [3.05, 3.63) is 47.5 Å². The fourth-order valence-corrected chi connectivity index (χ4v) is 3.60. The molecule has 1 aromatic carbocycles. The number of amides is 1. The molecule has 1 fully saturated rings. The van der Waals surface area contributed by atoms with Gasteiger partial charge in [0.2, 0.25) is 5.91 Å². The van der Waals surface area contributed by atoms with Crippen molar-refractivity contribution in [1.29, 1.82) is 0 Å². The highest BCUT2D eigenvalue weighted by molar-refractivity contribution is 5.79. The van der Waals surface area contributed by atoms with Crippen LogP contribution in [-0.2, 0) is 22.2 Å². The number of carbonyl (C=O) groups excluding carboxylic acids is 1. The zero-order valence-corrected chi connectivity index (χ0v) is 16.8. The van der Waals surface area contributed by atoms with Crippen LogP contribution < -0.4 is 0 Å². The van der Waals surface area contributed by atoms with Crippen LogP contribution in [0.1, 0.15) is 56.1 Å². The Bertz CT molecular complexity index is 748. The van der Waals surface area contributed by atoms with Gasteiger partial charge in [0.15, 0.2) is 0 Å². The van der Waals surface area contributed by atoms with Gasteiger partial charge in [0.05, 0.1) is 17.7 Å². The first-order valence-electron chi connectivity index (χ1n) is 10.2. The van der Waals surface area contributed by atoms with E-state index in [2.05, 4.69) is 0 Å². The van der Waals surface area contributed by atoms with Crippen LogP contribution in [0, 0.1) is 0 Å². The Morgan fingerprint density at radius 2 is 1.97 bits per heavy atom. The van der Waals surface area contributed by atoms with Crippen molar-refractivity contribution in [2.24, 2.45) is 0 Å². The van der Waals surface area contributed by atoms with Crippen LogP contribution in [-0.4, -0.2) is 45.7 Å². The first-order chi connectivity index (χ1) is 14.2. The average Bonchev–Trinajstić information content (AvgIpc) is 3.02. The highest BCUT2D eigenvalue weighted by Gasteiger charge is 2.30. The molecule has 0 aliphatic carbocycles. The van der Waals surface area contributed by atoms with Crippen molar-refractivity contribution in [3.63, 3.8) is 0 Å². The van der Waals surface area contributed by atoms with Crippen molar-refractivity contribution in [2.75, 3.05) is 6.54 Å². The van der Waals surface area contributed by atoms with Gasteiger partial charge in [0.1, 0.15) is 0 Å². The molecule has 30 heavy (non-hydrogen) atoms. The number of aliphatic hydroxyl groups is 1. The van der Waals surface area contributed by atoms with Crippen LogP contribution in [0.5, 0.6) is 0 Å². The predicted octanol–water partition coefficient (Wildman–Crippen LogP) is 4.19. The minimum Gasteiger partial charge on any atom is -0.481 e. The molecule has 1 aliphatic heterocycles. The van der Waals surface area contributed by atoms with E-state index < -0.39 is 23.8 Å². The van der Waals surface area contributed by atoms with Crippen molar-refractivity contribution >= 4 is 11.9 Å².